The number of hydrogen-bond donors (Lipinski definition) is 0. The first-order chi connectivity index (χ1) is 3.81. The van der Waals surface area contributed by atoms with Crippen LogP contribution in [0.2, 0.25) is 0 Å². The number of terminal acetylenes is 1. The van der Waals surface area contributed by atoms with E-state index < -0.39 is 0 Å². The monoisotopic (exact) mass is 106 g/mol. The van der Waals surface area contributed by atoms with Crippen molar-refractivity contribution in [1.29, 1.82) is 0 Å². The zero-order valence-corrected chi connectivity index (χ0v) is 5.31. The van der Waals surface area contributed by atoms with Crippen LogP contribution in [0, 0.1) is 12.3 Å². The van der Waals surface area contributed by atoms with Crippen molar-refractivity contribution in [3.8, 4) is 12.3 Å². The Balaban J connectivity index is 3.81. The third-order valence-corrected chi connectivity index (χ3v) is 0.766. The van der Waals surface area contributed by atoms with Gasteiger partial charge in [0, 0.05) is 0 Å². The second kappa shape index (κ2) is 4.21. The standard InChI is InChI=1S/C8H10/c1-4-6-7-8(3)5-2/h2,4,6-7H,1,3H3/b6-4-,8-7-. The van der Waals surface area contributed by atoms with E-state index in [0.29, 0.717) is 0 Å². The van der Waals surface area contributed by atoms with E-state index in [9.17, 15) is 0 Å². The Morgan fingerprint density at radius 2 is 2.25 bits per heavy atom. The normalized spacial score (nSPS) is 11.9. The smallest absolute Gasteiger partial charge is 0.00136 e. The summed E-state index contributed by atoms with van der Waals surface area (Å²) in [6, 6.07) is 0. The molecule has 0 fully saturated rings. The number of rotatable bonds is 1. The lowest BCUT2D eigenvalue weighted by Gasteiger charge is -1.78. The summed E-state index contributed by atoms with van der Waals surface area (Å²) in [4.78, 5) is 0. The molecule has 0 nitrogen and oxygen atoms in total. The number of hydrogen-bond acceptors (Lipinski definition) is 0. The van der Waals surface area contributed by atoms with Crippen LogP contribution in [-0.2, 0) is 0 Å². The topological polar surface area (TPSA) is 0 Å². The summed E-state index contributed by atoms with van der Waals surface area (Å²) in [5, 5.41) is 0. The van der Waals surface area contributed by atoms with Crippen molar-refractivity contribution in [2.24, 2.45) is 0 Å². The Labute approximate surface area is 50.9 Å². The molecule has 0 aromatic carbocycles. The van der Waals surface area contributed by atoms with Crippen LogP contribution in [0.15, 0.2) is 23.8 Å². The molecule has 0 saturated carbocycles. The van der Waals surface area contributed by atoms with Crippen LogP contribution in [0.1, 0.15) is 13.8 Å². The van der Waals surface area contributed by atoms with Gasteiger partial charge in [-0.1, -0.05) is 24.1 Å². The van der Waals surface area contributed by atoms with Gasteiger partial charge < -0.3 is 0 Å². The van der Waals surface area contributed by atoms with Gasteiger partial charge in [0.15, 0.2) is 0 Å². The van der Waals surface area contributed by atoms with Gasteiger partial charge >= 0.3 is 0 Å². The first kappa shape index (κ1) is 7.04. The molecule has 0 radical (unpaired) electrons. The maximum Gasteiger partial charge on any atom is -0.00136 e. The first-order valence-corrected chi connectivity index (χ1v) is 2.57. The molecule has 0 aromatic heterocycles. The van der Waals surface area contributed by atoms with Crippen LogP contribution in [-0.4, -0.2) is 0 Å². The van der Waals surface area contributed by atoms with Crippen LogP contribution >= 0.6 is 0 Å². The van der Waals surface area contributed by atoms with Crippen molar-refractivity contribution in [2.75, 3.05) is 0 Å². The predicted molar refractivity (Wildman–Crippen MR) is 37.4 cm³/mol. The van der Waals surface area contributed by atoms with Crippen LogP contribution in [0.5, 0.6) is 0 Å². The van der Waals surface area contributed by atoms with Crippen LogP contribution in [0.4, 0.5) is 0 Å². The summed E-state index contributed by atoms with van der Waals surface area (Å²) < 4.78 is 0. The molecule has 0 atom stereocenters. The zero-order chi connectivity index (χ0) is 6.41. The molecule has 42 valence electrons. The molecule has 0 aliphatic rings. The highest BCUT2D eigenvalue weighted by Gasteiger charge is 1.70. The van der Waals surface area contributed by atoms with Gasteiger partial charge in [-0.15, -0.1) is 6.42 Å². The van der Waals surface area contributed by atoms with Crippen LogP contribution < -0.4 is 0 Å². The molecular formula is C8H10. The van der Waals surface area contributed by atoms with Crippen molar-refractivity contribution in [1.82, 2.24) is 0 Å². The molecule has 0 saturated heterocycles. The van der Waals surface area contributed by atoms with E-state index in [1.165, 1.54) is 0 Å². The van der Waals surface area contributed by atoms with Crippen LogP contribution in [0.3, 0.4) is 0 Å². The van der Waals surface area contributed by atoms with E-state index in [-0.39, 0.29) is 0 Å². The molecule has 0 aromatic rings. The lowest BCUT2D eigenvalue weighted by Crippen LogP contribution is -1.61. The average molecular weight is 106 g/mol. The molecule has 0 heteroatoms. The first-order valence-electron chi connectivity index (χ1n) is 2.57. The van der Waals surface area contributed by atoms with Gasteiger partial charge in [0.1, 0.15) is 0 Å². The summed E-state index contributed by atoms with van der Waals surface area (Å²) in [7, 11) is 0. The van der Waals surface area contributed by atoms with E-state index >= 15 is 0 Å². The molecule has 0 heterocycles. The summed E-state index contributed by atoms with van der Waals surface area (Å²) in [6.07, 6.45) is 10.8. The Kier molecular flexibility index (Phi) is 3.70. The quantitative estimate of drug-likeness (QED) is 0.355. The fourth-order valence-corrected chi connectivity index (χ4v) is 0.289. The van der Waals surface area contributed by atoms with Gasteiger partial charge in [-0.05, 0) is 19.4 Å². The fourth-order valence-electron chi connectivity index (χ4n) is 0.289. The van der Waals surface area contributed by atoms with Gasteiger partial charge in [-0.2, -0.15) is 0 Å². The molecule has 0 amide bonds. The van der Waals surface area contributed by atoms with Gasteiger partial charge in [0.05, 0.1) is 0 Å². The molecule has 0 bridgehead atoms. The second-order valence-corrected chi connectivity index (χ2v) is 1.52. The Bertz CT molecular complexity index is 142. The molecule has 0 aliphatic heterocycles. The summed E-state index contributed by atoms with van der Waals surface area (Å²) in [5.41, 5.74) is 0.961. The highest BCUT2D eigenvalue weighted by atomic mass is 13.8. The van der Waals surface area contributed by atoms with E-state index in [1.807, 2.05) is 32.1 Å². The lowest BCUT2D eigenvalue weighted by atomic mass is 10.3. The van der Waals surface area contributed by atoms with E-state index in [1.54, 1.807) is 0 Å². The summed E-state index contributed by atoms with van der Waals surface area (Å²) in [6.45, 7) is 3.86. The van der Waals surface area contributed by atoms with Crippen LogP contribution in [0.25, 0.3) is 0 Å². The Morgan fingerprint density at radius 1 is 1.62 bits per heavy atom. The van der Waals surface area contributed by atoms with Crippen molar-refractivity contribution in [2.45, 2.75) is 13.8 Å². The molecular weight excluding hydrogens is 96.1 g/mol. The molecule has 0 unspecified atom stereocenters. The van der Waals surface area contributed by atoms with Gasteiger partial charge in [-0.25, -0.2) is 0 Å². The minimum Gasteiger partial charge on any atom is -0.115 e. The Morgan fingerprint density at radius 3 is 2.62 bits per heavy atom. The molecule has 0 rings (SSSR count). The predicted octanol–water partition coefficient (Wildman–Crippen LogP) is 2.14. The molecule has 8 heavy (non-hydrogen) atoms. The van der Waals surface area contributed by atoms with Crippen molar-refractivity contribution in [3.63, 3.8) is 0 Å². The highest BCUT2D eigenvalue weighted by Crippen LogP contribution is 1.87. The average Bonchev–Trinajstić information content (AvgIpc) is 1.83. The summed E-state index contributed by atoms with van der Waals surface area (Å²) in [5.74, 6) is 2.51. The fraction of sp³-hybridized carbons (Fsp3) is 0.250. The lowest BCUT2D eigenvalue weighted by molar-refractivity contribution is 1.57. The SMILES string of the molecule is C#C/C(C)=C\C=C/C. The van der Waals surface area contributed by atoms with E-state index in [4.69, 9.17) is 6.42 Å². The van der Waals surface area contributed by atoms with Gasteiger partial charge in [0.2, 0.25) is 0 Å². The van der Waals surface area contributed by atoms with Crippen molar-refractivity contribution in [3.05, 3.63) is 23.8 Å². The third-order valence-electron chi connectivity index (χ3n) is 0.766. The minimum absolute atomic E-state index is 0.961. The molecule has 0 N–H and O–H groups in total. The molecule has 0 spiro atoms. The van der Waals surface area contributed by atoms with Gasteiger partial charge in [-0.3, -0.25) is 0 Å². The summed E-state index contributed by atoms with van der Waals surface area (Å²) >= 11 is 0. The Hall–Kier alpha value is -0.960. The second-order valence-electron chi connectivity index (χ2n) is 1.52. The van der Waals surface area contributed by atoms with E-state index in [0.717, 1.165) is 5.57 Å². The largest absolute Gasteiger partial charge is 0.115 e. The minimum atomic E-state index is 0.961. The number of allylic oxidation sites excluding steroid dienone is 4. The van der Waals surface area contributed by atoms with Gasteiger partial charge in [0.25, 0.3) is 0 Å². The molecule has 0 aliphatic carbocycles. The van der Waals surface area contributed by atoms with Crippen molar-refractivity contribution >= 4 is 0 Å². The highest BCUT2D eigenvalue weighted by molar-refractivity contribution is 5.26. The maximum atomic E-state index is 5.06. The maximum absolute atomic E-state index is 5.06. The zero-order valence-electron chi connectivity index (χ0n) is 5.31. The van der Waals surface area contributed by atoms with Crippen molar-refractivity contribution < 1.29 is 0 Å². The third kappa shape index (κ3) is 3.24. The van der Waals surface area contributed by atoms with E-state index in [2.05, 4.69) is 5.92 Å².